The van der Waals surface area contributed by atoms with Crippen molar-refractivity contribution in [2.75, 3.05) is 17.2 Å². The van der Waals surface area contributed by atoms with E-state index in [0.717, 1.165) is 10.2 Å². The monoisotopic (exact) mass is 303 g/mol. The number of nitrogens with one attached hydrogen (secondary N) is 2. The van der Waals surface area contributed by atoms with Crippen LogP contribution in [-0.4, -0.2) is 16.5 Å². The van der Waals surface area contributed by atoms with Crippen LogP contribution >= 0.6 is 15.9 Å². The maximum Gasteiger partial charge on any atom is 0.135 e. The van der Waals surface area contributed by atoms with Crippen LogP contribution in [0.25, 0.3) is 0 Å². The predicted molar refractivity (Wildman–Crippen MR) is 73.6 cm³/mol. The Hall–Kier alpha value is -2.13. The van der Waals surface area contributed by atoms with Crippen LogP contribution in [-0.2, 0) is 0 Å². The summed E-state index contributed by atoms with van der Waals surface area (Å²) in [5.41, 5.74) is 0.919. The second-order valence-electron chi connectivity index (χ2n) is 3.41. The highest BCUT2D eigenvalue weighted by Gasteiger charge is 2.01. The van der Waals surface area contributed by atoms with Gasteiger partial charge in [0.05, 0.1) is 11.8 Å². The Morgan fingerprint density at radius 2 is 2.00 bits per heavy atom. The largest absolute Gasteiger partial charge is 0.357 e. The first kappa shape index (κ1) is 12.3. The second kappa shape index (κ2) is 5.98. The van der Waals surface area contributed by atoms with Crippen molar-refractivity contribution in [2.45, 2.75) is 0 Å². The highest BCUT2D eigenvalue weighted by atomic mass is 79.9. The summed E-state index contributed by atoms with van der Waals surface area (Å²) in [6, 6.07) is 11.5. The number of rotatable bonds is 4. The Bertz CT molecular complexity index is 579. The van der Waals surface area contributed by atoms with E-state index >= 15 is 0 Å². The molecule has 2 N–H and O–H groups in total. The minimum Gasteiger partial charge on any atom is -0.357 e. The predicted octanol–water partition coefficient (Wildman–Crippen LogP) is 2.92. The molecule has 0 fully saturated rings. The Morgan fingerprint density at radius 1 is 1.22 bits per heavy atom. The number of benzene rings is 1. The summed E-state index contributed by atoms with van der Waals surface area (Å²) in [4.78, 5) is 8.13. The summed E-state index contributed by atoms with van der Waals surface area (Å²) in [6.45, 7) is 0.214. The van der Waals surface area contributed by atoms with Crippen molar-refractivity contribution >= 4 is 33.3 Å². The molecular formula is C12H10BrN5. The molecule has 0 aliphatic heterocycles. The molecule has 0 amide bonds. The summed E-state index contributed by atoms with van der Waals surface area (Å²) in [7, 11) is 0. The fourth-order valence-corrected chi connectivity index (χ4v) is 1.74. The normalized spacial score (nSPS) is 9.56. The molecule has 1 heterocycles. The molecule has 0 saturated heterocycles. The SMILES string of the molecule is N#CCNc1cc(Nc2ccccc2Br)ncn1. The van der Waals surface area contributed by atoms with Gasteiger partial charge in [-0.05, 0) is 28.1 Å². The van der Waals surface area contributed by atoms with Gasteiger partial charge in [-0.25, -0.2) is 9.97 Å². The third-order valence-corrected chi connectivity index (χ3v) is 2.84. The van der Waals surface area contributed by atoms with Gasteiger partial charge in [0.25, 0.3) is 0 Å². The van der Waals surface area contributed by atoms with Crippen LogP contribution in [0.4, 0.5) is 17.3 Å². The molecule has 0 aliphatic carbocycles. The molecular weight excluding hydrogens is 294 g/mol. The molecule has 0 saturated carbocycles. The smallest absolute Gasteiger partial charge is 0.135 e. The van der Waals surface area contributed by atoms with Gasteiger partial charge in [-0.3, -0.25) is 0 Å². The first-order valence-electron chi connectivity index (χ1n) is 5.24. The fraction of sp³-hybridized carbons (Fsp3) is 0.0833. The average Bonchev–Trinajstić information content (AvgIpc) is 2.40. The van der Waals surface area contributed by atoms with Gasteiger partial charge in [0, 0.05) is 10.5 Å². The van der Waals surface area contributed by atoms with E-state index in [-0.39, 0.29) is 6.54 Å². The van der Waals surface area contributed by atoms with Gasteiger partial charge in [0.2, 0.25) is 0 Å². The second-order valence-corrected chi connectivity index (χ2v) is 4.26. The van der Waals surface area contributed by atoms with Crippen LogP contribution < -0.4 is 10.6 Å². The Labute approximate surface area is 113 Å². The van der Waals surface area contributed by atoms with E-state index in [1.807, 2.05) is 30.3 Å². The molecule has 1 aromatic carbocycles. The van der Waals surface area contributed by atoms with Gasteiger partial charge in [0.1, 0.15) is 24.5 Å². The summed E-state index contributed by atoms with van der Waals surface area (Å²) in [5, 5.41) is 14.5. The molecule has 0 unspecified atom stereocenters. The van der Waals surface area contributed by atoms with Crippen LogP contribution in [0.15, 0.2) is 41.1 Å². The molecule has 2 aromatic rings. The maximum absolute atomic E-state index is 8.49. The molecule has 90 valence electrons. The average molecular weight is 304 g/mol. The highest BCUT2D eigenvalue weighted by molar-refractivity contribution is 9.10. The van der Waals surface area contributed by atoms with Crippen molar-refractivity contribution < 1.29 is 0 Å². The molecule has 1 aromatic heterocycles. The number of anilines is 3. The highest BCUT2D eigenvalue weighted by Crippen LogP contribution is 2.24. The molecule has 0 spiro atoms. The van der Waals surface area contributed by atoms with Crippen LogP contribution in [0, 0.1) is 11.3 Å². The minimum absolute atomic E-state index is 0.214. The number of halogens is 1. The Morgan fingerprint density at radius 3 is 2.78 bits per heavy atom. The molecule has 6 heteroatoms. The number of hydrogen-bond donors (Lipinski definition) is 2. The molecule has 0 bridgehead atoms. The summed E-state index contributed by atoms with van der Waals surface area (Å²) >= 11 is 3.45. The summed E-state index contributed by atoms with van der Waals surface area (Å²) < 4.78 is 0.954. The van der Waals surface area contributed by atoms with Gasteiger partial charge in [-0.15, -0.1) is 0 Å². The van der Waals surface area contributed by atoms with Crippen molar-refractivity contribution in [3.8, 4) is 6.07 Å². The van der Waals surface area contributed by atoms with Crippen LogP contribution in [0.2, 0.25) is 0 Å². The Kier molecular flexibility index (Phi) is 4.10. The quantitative estimate of drug-likeness (QED) is 0.850. The minimum atomic E-state index is 0.214. The first-order valence-corrected chi connectivity index (χ1v) is 6.03. The topological polar surface area (TPSA) is 73.6 Å². The zero-order valence-corrected chi connectivity index (χ0v) is 11.0. The molecule has 0 atom stereocenters. The van der Waals surface area contributed by atoms with Gasteiger partial charge in [-0.1, -0.05) is 12.1 Å². The number of para-hydroxylation sites is 1. The number of hydrogen-bond acceptors (Lipinski definition) is 5. The van der Waals surface area contributed by atoms with Crippen molar-refractivity contribution in [2.24, 2.45) is 0 Å². The lowest BCUT2D eigenvalue weighted by Gasteiger charge is -2.08. The van der Waals surface area contributed by atoms with Crippen molar-refractivity contribution in [1.82, 2.24) is 9.97 Å². The van der Waals surface area contributed by atoms with E-state index in [2.05, 4.69) is 36.5 Å². The molecule has 0 aliphatic rings. The number of aromatic nitrogens is 2. The number of nitrogens with zero attached hydrogens (tertiary/aromatic N) is 3. The van der Waals surface area contributed by atoms with Crippen LogP contribution in [0.1, 0.15) is 0 Å². The fourth-order valence-electron chi connectivity index (χ4n) is 1.35. The standard InChI is InChI=1S/C12H10BrN5/c13-9-3-1-2-4-10(9)18-12-7-11(15-6-5-14)16-8-17-12/h1-4,7-8H,6H2,(H2,15,16,17,18). The molecule has 5 nitrogen and oxygen atoms in total. The lowest BCUT2D eigenvalue weighted by Crippen LogP contribution is -2.02. The van der Waals surface area contributed by atoms with E-state index in [1.165, 1.54) is 6.33 Å². The van der Waals surface area contributed by atoms with Crippen LogP contribution in [0.5, 0.6) is 0 Å². The molecule has 18 heavy (non-hydrogen) atoms. The third-order valence-electron chi connectivity index (χ3n) is 2.15. The zero-order chi connectivity index (χ0) is 12.8. The summed E-state index contributed by atoms with van der Waals surface area (Å²) in [6.07, 6.45) is 1.44. The van der Waals surface area contributed by atoms with Gasteiger partial charge < -0.3 is 10.6 Å². The van der Waals surface area contributed by atoms with Gasteiger partial charge in [-0.2, -0.15) is 5.26 Å². The van der Waals surface area contributed by atoms with E-state index in [0.29, 0.717) is 11.6 Å². The molecule has 2 rings (SSSR count). The zero-order valence-electron chi connectivity index (χ0n) is 9.39. The van der Waals surface area contributed by atoms with Gasteiger partial charge in [0.15, 0.2) is 0 Å². The van der Waals surface area contributed by atoms with Gasteiger partial charge >= 0.3 is 0 Å². The van der Waals surface area contributed by atoms with Crippen molar-refractivity contribution in [3.05, 3.63) is 41.1 Å². The number of nitriles is 1. The molecule has 0 radical (unpaired) electrons. The van der Waals surface area contributed by atoms with Crippen molar-refractivity contribution in [1.29, 1.82) is 5.26 Å². The lowest BCUT2D eigenvalue weighted by atomic mass is 10.3. The summed E-state index contributed by atoms with van der Waals surface area (Å²) in [5.74, 6) is 1.28. The maximum atomic E-state index is 8.49. The third kappa shape index (κ3) is 3.18. The van der Waals surface area contributed by atoms with Crippen LogP contribution in [0.3, 0.4) is 0 Å². The van der Waals surface area contributed by atoms with Crippen molar-refractivity contribution in [3.63, 3.8) is 0 Å². The first-order chi connectivity index (χ1) is 8.79. The lowest BCUT2D eigenvalue weighted by molar-refractivity contribution is 1.14. The van der Waals surface area contributed by atoms with E-state index in [9.17, 15) is 0 Å². The van der Waals surface area contributed by atoms with E-state index < -0.39 is 0 Å². The van der Waals surface area contributed by atoms with E-state index in [1.54, 1.807) is 6.07 Å². The van der Waals surface area contributed by atoms with E-state index in [4.69, 9.17) is 5.26 Å². The Balaban J connectivity index is 2.15.